The molecule has 8 atom stereocenters. The molecule has 7 rings (SSSR count). The highest BCUT2D eigenvalue weighted by Gasteiger charge is 2.59. The third-order valence-electron chi connectivity index (χ3n) is 8.34. The van der Waals surface area contributed by atoms with Crippen LogP contribution in [0.15, 0.2) is 54.1 Å². The second-order valence-corrected chi connectivity index (χ2v) is 9.97. The van der Waals surface area contributed by atoms with Gasteiger partial charge in [-0.2, -0.15) is 0 Å². The lowest BCUT2D eigenvalue weighted by atomic mass is 9.69. The van der Waals surface area contributed by atoms with Crippen molar-refractivity contribution in [1.82, 2.24) is 5.32 Å². The maximum Gasteiger partial charge on any atom is 0.228 e. The fourth-order valence-corrected chi connectivity index (χ4v) is 6.98. The molecule has 0 aromatic heterocycles. The number of nitrogens with one attached hydrogen (secondary N) is 2. The highest BCUT2D eigenvalue weighted by atomic mass is 16.5. The lowest BCUT2D eigenvalue weighted by Gasteiger charge is -2.47. The Bertz CT molecular complexity index is 1180. The number of amides is 1. The molecule has 1 aliphatic carbocycles. The molecule has 4 aliphatic heterocycles. The number of ether oxygens (including phenoxy) is 1. The van der Waals surface area contributed by atoms with E-state index in [2.05, 4.69) is 58.0 Å². The third kappa shape index (κ3) is 2.53. The van der Waals surface area contributed by atoms with E-state index in [4.69, 9.17) is 10.5 Å². The molecule has 0 spiro atoms. The molecule has 0 radical (unpaired) electrons. The van der Waals surface area contributed by atoms with Crippen LogP contribution in [0.1, 0.15) is 30.4 Å². The normalized spacial score (nSPS) is 38.2. The molecule has 0 saturated carbocycles. The van der Waals surface area contributed by atoms with Gasteiger partial charge in [0.2, 0.25) is 5.91 Å². The monoisotopic (exact) mass is 444 g/mol. The Balaban J connectivity index is 1.42. The van der Waals surface area contributed by atoms with Crippen LogP contribution in [0.5, 0.6) is 0 Å². The lowest BCUT2D eigenvalue weighted by Crippen LogP contribution is -2.60. The number of para-hydroxylation sites is 2. The first-order valence-electron chi connectivity index (χ1n) is 11.9. The van der Waals surface area contributed by atoms with Crippen molar-refractivity contribution in [3.63, 3.8) is 0 Å². The number of nitrogens with zero attached hydrogens (tertiary/aromatic N) is 1. The van der Waals surface area contributed by atoms with E-state index in [0.29, 0.717) is 13.0 Å². The number of fused-ring (bicyclic) bond motifs is 9. The molecule has 33 heavy (non-hydrogen) atoms. The van der Waals surface area contributed by atoms with Gasteiger partial charge in [0, 0.05) is 41.9 Å². The fourth-order valence-electron chi connectivity index (χ4n) is 6.98. The number of carbonyl (C=O) groups is 1. The van der Waals surface area contributed by atoms with Crippen molar-refractivity contribution in [1.29, 1.82) is 0 Å². The van der Waals surface area contributed by atoms with E-state index in [9.17, 15) is 9.90 Å². The summed E-state index contributed by atoms with van der Waals surface area (Å²) in [5.74, 6) is -0.0612. The SMILES string of the molecule is C[C@@H]1O[C@@H](N2c3ccccc3C3C4C(=O)NCC4=C4c5ccccc5NC4C32)C[C@@H](N)[C@H]1O. The first kappa shape index (κ1) is 19.6. The molecule has 7 heteroatoms. The zero-order valence-electron chi connectivity index (χ0n) is 18.4. The molecule has 4 unspecified atom stereocenters. The predicted octanol–water partition coefficient (Wildman–Crippen LogP) is 1.79. The van der Waals surface area contributed by atoms with Crippen molar-refractivity contribution in [3.05, 3.63) is 65.2 Å². The minimum absolute atomic E-state index is 0.00189. The van der Waals surface area contributed by atoms with Crippen LogP contribution in [0.25, 0.3) is 5.57 Å². The molecule has 5 N–H and O–H groups in total. The molecule has 170 valence electrons. The van der Waals surface area contributed by atoms with Gasteiger partial charge in [-0.05, 0) is 35.8 Å². The Morgan fingerprint density at radius 2 is 1.94 bits per heavy atom. The zero-order chi connectivity index (χ0) is 22.4. The number of anilines is 2. The van der Waals surface area contributed by atoms with Crippen LogP contribution in [0, 0.1) is 5.92 Å². The van der Waals surface area contributed by atoms with Gasteiger partial charge in [0.25, 0.3) is 0 Å². The van der Waals surface area contributed by atoms with E-state index >= 15 is 0 Å². The summed E-state index contributed by atoms with van der Waals surface area (Å²) in [6.07, 6.45) is -0.779. The molecule has 4 heterocycles. The summed E-state index contributed by atoms with van der Waals surface area (Å²) >= 11 is 0. The summed E-state index contributed by atoms with van der Waals surface area (Å²) in [6, 6.07) is 16.5. The number of rotatable bonds is 1. The van der Waals surface area contributed by atoms with Crippen LogP contribution in [0.3, 0.4) is 0 Å². The second-order valence-electron chi connectivity index (χ2n) is 9.97. The van der Waals surface area contributed by atoms with E-state index < -0.39 is 6.10 Å². The van der Waals surface area contributed by atoms with E-state index in [1.165, 1.54) is 22.3 Å². The van der Waals surface area contributed by atoms with Crippen LogP contribution in [0.4, 0.5) is 11.4 Å². The van der Waals surface area contributed by atoms with Crippen molar-refractivity contribution in [2.45, 2.75) is 55.8 Å². The van der Waals surface area contributed by atoms with Crippen molar-refractivity contribution in [2.75, 3.05) is 16.8 Å². The maximum atomic E-state index is 13.2. The van der Waals surface area contributed by atoms with Gasteiger partial charge in [0.15, 0.2) is 0 Å². The Morgan fingerprint density at radius 3 is 2.79 bits per heavy atom. The highest BCUT2D eigenvalue weighted by Crippen LogP contribution is 2.58. The number of aliphatic hydroxyl groups is 1. The zero-order valence-corrected chi connectivity index (χ0v) is 18.4. The Morgan fingerprint density at radius 1 is 1.15 bits per heavy atom. The molecule has 1 amide bonds. The lowest BCUT2D eigenvalue weighted by molar-refractivity contribution is -0.124. The molecule has 2 saturated heterocycles. The Kier molecular flexibility index (Phi) is 4.05. The Hall–Kier alpha value is -2.87. The van der Waals surface area contributed by atoms with Crippen molar-refractivity contribution in [3.8, 4) is 0 Å². The van der Waals surface area contributed by atoms with Gasteiger partial charge >= 0.3 is 0 Å². The maximum absolute atomic E-state index is 13.2. The average molecular weight is 445 g/mol. The molecular weight excluding hydrogens is 416 g/mol. The molecule has 0 bridgehead atoms. The van der Waals surface area contributed by atoms with E-state index in [1.807, 2.05) is 13.0 Å². The first-order chi connectivity index (χ1) is 16.0. The summed E-state index contributed by atoms with van der Waals surface area (Å²) in [7, 11) is 0. The number of carbonyl (C=O) groups excluding carboxylic acids is 1. The summed E-state index contributed by atoms with van der Waals surface area (Å²) < 4.78 is 6.37. The van der Waals surface area contributed by atoms with Gasteiger partial charge in [-0.25, -0.2) is 0 Å². The van der Waals surface area contributed by atoms with Crippen LogP contribution >= 0.6 is 0 Å². The van der Waals surface area contributed by atoms with Crippen molar-refractivity contribution < 1.29 is 14.6 Å². The number of aliphatic hydroxyl groups excluding tert-OH is 1. The third-order valence-corrected chi connectivity index (χ3v) is 8.34. The number of benzene rings is 2. The number of nitrogens with two attached hydrogens (primary N) is 1. The Labute approximate surface area is 192 Å². The van der Waals surface area contributed by atoms with Gasteiger partial charge < -0.3 is 31.1 Å². The minimum Gasteiger partial charge on any atom is -0.389 e. The van der Waals surface area contributed by atoms with Crippen LogP contribution in [0.2, 0.25) is 0 Å². The smallest absolute Gasteiger partial charge is 0.228 e. The average Bonchev–Trinajstić information content (AvgIpc) is 3.48. The summed E-state index contributed by atoms with van der Waals surface area (Å²) in [6.45, 7) is 2.49. The largest absolute Gasteiger partial charge is 0.389 e. The van der Waals surface area contributed by atoms with Gasteiger partial charge in [0.05, 0.1) is 30.2 Å². The van der Waals surface area contributed by atoms with Crippen molar-refractivity contribution >= 4 is 22.9 Å². The summed E-state index contributed by atoms with van der Waals surface area (Å²) in [5.41, 5.74) is 13.4. The molecule has 2 aromatic carbocycles. The van der Waals surface area contributed by atoms with Gasteiger partial charge in [0.1, 0.15) is 6.23 Å². The van der Waals surface area contributed by atoms with Crippen LogP contribution in [-0.2, 0) is 9.53 Å². The summed E-state index contributed by atoms with van der Waals surface area (Å²) in [5, 5.41) is 17.4. The van der Waals surface area contributed by atoms with E-state index in [1.54, 1.807) is 0 Å². The van der Waals surface area contributed by atoms with Crippen molar-refractivity contribution in [2.24, 2.45) is 11.7 Å². The van der Waals surface area contributed by atoms with Gasteiger partial charge in [-0.3, -0.25) is 4.79 Å². The quantitative estimate of drug-likeness (QED) is 0.535. The molecule has 7 nitrogen and oxygen atoms in total. The standard InChI is InChI=1S/C26H28N4O3/c1-12-25(31)16(27)10-19(33-12)30-18-9-5-3-7-14(18)21-22-15(11-28-26(22)32)20-13-6-2-4-8-17(13)29-23(20)24(21)30/h2-9,12,16,19,21-25,29,31H,10-11,27H2,1H3,(H,28,32)/t12-,16+,19+,21?,22?,23?,24?,25-/m0/s1. The molecular formula is C26H28N4O3. The summed E-state index contributed by atoms with van der Waals surface area (Å²) in [4.78, 5) is 15.6. The van der Waals surface area contributed by atoms with Crippen LogP contribution in [-0.4, -0.2) is 54.1 Å². The molecule has 2 fully saturated rings. The van der Waals surface area contributed by atoms with Gasteiger partial charge in [-0.1, -0.05) is 36.4 Å². The van der Waals surface area contributed by atoms with Gasteiger partial charge in [-0.15, -0.1) is 0 Å². The molecule has 2 aromatic rings. The highest BCUT2D eigenvalue weighted by molar-refractivity contribution is 5.99. The van der Waals surface area contributed by atoms with Crippen LogP contribution < -0.4 is 21.3 Å². The minimum atomic E-state index is -0.683. The first-order valence-corrected chi connectivity index (χ1v) is 11.9. The fraction of sp³-hybridized carbons (Fsp3) is 0.423. The van der Waals surface area contributed by atoms with E-state index in [0.717, 1.165) is 11.4 Å². The molecule has 5 aliphatic rings. The second kappa shape index (κ2) is 6.82. The van der Waals surface area contributed by atoms with E-state index in [-0.39, 0.29) is 48.2 Å². The predicted molar refractivity (Wildman–Crippen MR) is 126 cm³/mol. The number of hydrogen-bond acceptors (Lipinski definition) is 6. The topological polar surface area (TPSA) is 99.9 Å². The number of hydrogen-bond donors (Lipinski definition) is 4.